The summed E-state index contributed by atoms with van der Waals surface area (Å²) in [5.74, 6) is 0.472. The van der Waals surface area contributed by atoms with E-state index in [1.54, 1.807) is 0 Å². The first-order valence-corrected chi connectivity index (χ1v) is 3.07. The highest BCUT2D eigenvalue weighted by Crippen LogP contribution is 2.12. The summed E-state index contributed by atoms with van der Waals surface area (Å²) in [5, 5.41) is 9.13. The third-order valence-corrected chi connectivity index (χ3v) is 1.76. The highest BCUT2D eigenvalue weighted by atomic mass is 16.3. The van der Waals surface area contributed by atoms with Crippen molar-refractivity contribution in [3.63, 3.8) is 0 Å². The van der Waals surface area contributed by atoms with E-state index in [1.807, 2.05) is 7.05 Å². The summed E-state index contributed by atoms with van der Waals surface area (Å²) < 4.78 is 0. The van der Waals surface area contributed by atoms with E-state index in [0.717, 1.165) is 13.1 Å². The molecule has 0 radical (unpaired) electrons. The summed E-state index contributed by atoms with van der Waals surface area (Å²) in [7, 11) is 2.03. The van der Waals surface area contributed by atoms with Gasteiger partial charge in [-0.2, -0.15) is 0 Å². The van der Waals surface area contributed by atoms with Gasteiger partial charge in [-0.1, -0.05) is 6.92 Å². The maximum atomic E-state index is 9.13. The van der Waals surface area contributed by atoms with Gasteiger partial charge in [-0.25, -0.2) is 0 Å². The summed E-state index contributed by atoms with van der Waals surface area (Å²) >= 11 is 0. The molecule has 1 saturated heterocycles. The molecular weight excluding hydrogens is 102 g/mol. The van der Waals surface area contributed by atoms with Crippen LogP contribution < -0.4 is 0 Å². The number of rotatable bonds is 0. The smallest absolute Gasteiger partial charge is 0.0704 e. The first-order valence-electron chi connectivity index (χ1n) is 3.07. The summed E-state index contributed by atoms with van der Waals surface area (Å²) in [6, 6.07) is 0. The highest BCUT2D eigenvalue weighted by molar-refractivity contribution is 4.77. The van der Waals surface area contributed by atoms with Gasteiger partial charge in [0.2, 0.25) is 0 Å². The zero-order valence-electron chi connectivity index (χ0n) is 5.46. The molecule has 2 heteroatoms. The van der Waals surface area contributed by atoms with Crippen molar-refractivity contribution < 1.29 is 5.11 Å². The predicted octanol–water partition coefficient (Wildman–Crippen LogP) is -0.0712. The van der Waals surface area contributed by atoms with Gasteiger partial charge in [-0.15, -0.1) is 0 Å². The Morgan fingerprint density at radius 1 is 1.50 bits per heavy atom. The molecule has 1 rings (SSSR count). The fraction of sp³-hybridized carbons (Fsp3) is 1.00. The number of likely N-dealkylation sites (tertiary alicyclic amines) is 1. The van der Waals surface area contributed by atoms with Crippen molar-refractivity contribution in [2.24, 2.45) is 5.92 Å². The van der Waals surface area contributed by atoms with Crippen molar-refractivity contribution >= 4 is 0 Å². The van der Waals surface area contributed by atoms with Gasteiger partial charge in [0, 0.05) is 13.1 Å². The number of nitrogens with zero attached hydrogens (tertiary/aromatic N) is 1. The average molecular weight is 115 g/mol. The third kappa shape index (κ3) is 1.01. The van der Waals surface area contributed by atoms with Gasteiger partial charge in [0.25, 0.3) is 0 Å². The number of aliphatic hydroxyl groups excluding tert-OH is 1. The standard InChI is InChI=1S/C6H13NO/c1-5-3-7(2)4-6(5)8/h5-6,8H,3-4H2,1-2H3/t5-,6?/m1/s1. The summed E-state index contributed by atoms with van der Waals surface area (Å²) in [6.45, 7) is 3.97. The lowest BCUT2D eigenvalue weighted by atomic mass is 10.1. The van der Waals surface area contributed by atoms with Crippen molar-refractivity contribution in [2.45, 2.75) is 13.0 Å². The van der Waals surface area contributed by atoms with Crippen LogP contribution in [-0.2, 0) is 0 Å². The first kappa shape index (κ1) is 6.05. The minimum absolute atomic E-state index is 0.0833. The summed E-state index contributed by atoms with van der Waals surface area (Å²) in [6.07, 6.45) is -0.0833. The molecule has 2 nitrogen and oxygen atoms in total. The topological polar surface area (TPSA) is 23.5 Å². The van der Waals surface area contributed by atoms with E-state index in [2.05, 4.69) is 11.8 Å². The average Bonchev–Trinajstić information content (AvgIpc) is 1.85. The molecule has 48 valence electrons. The molecule has 1 aliphatic rings. The maximum Gasteiger partial charge on any atom is 0.0704 e. The molecule has 1 unspecified atom stereocenters. The fourth-order valence-corrected chi connectivity index (χ4v) is 1.19. The number of likely N-dealkylation sites (N-methyl/N-ethyl adjacent to an activating group) is 1. The van der Waals surface area contributed by atoms with Crippen LogP contribution in [0, 0.1) is 5.92 Å². The molecular formula is C6H13NO. The van der Waals surface area contributed by atoms with Crippen molar-refractivity contribution in [1.29, 1.82) is 0 Å². The van der Waals surface area contributed by atoms with E-state index in [1.165, 1.54) is 0 Å². The van der Waals surface area contributed by atoms with Crippen molar-refractivity contribution in [3.05, 3.63) is 0 Å². The van der Waals surface area contributed by atoms with E-state index < -0.39 is 0 Å². The molecule has 8 heavy (non-hydrogen) atoms. The van der Waals surface area contributed by atoms with E-state index in [-0.39, 0.29) is 6.10 Å². The Balaban J connectivity index is 2.39. The van der Waals surface area contributed by atoms with E-state index >= 15 is 0 Å². The number of aliphatic hydroxyl groups is 1. The summed E-state index contributed by atoms with van der Waals surface area (Å²) in [5.41, 5.74) is 0. The molecule has 0 aliphatic carbocycles. The Bertz CT molecular complexity index is 74.6. The molecule has 0 spiro atoms. The maximum absolute atomic E-state index is 9.13. The second-order valence-electron chi connectivity index (χ2n) is 2.77. The molecule has 0 saturated carbocycles. The molecule has 0 aromatic carbocycles. The van der Waals surface area contributed by atoms with E-state index in [4.69, 9.17) is 5.11 Å². The summed E-state index contributed by atoms with van der Waals surface area (Å²) in [4.78, 5) is 2.15. The molecule has 0 aromatic heterocycles. The van der Waals surface area contributed by atoms with Crippen LogP contribution in [0.1, 0.15) is 6.92 Å². The molecule has 1 fully saturated rings. The lowest BCUT2D eigenvalue weighted by molar-refractivity contribution is 0.151. The van der Waals surface area contributed by atoms with Crippen molar-refractivity contribution in [1.82, 2.24) is 4.90 Å². The monoisotopic (exact) mass is 115 g/mol. The Labute approximate surface area is 50.1 Å². The van der Waals surface area contributed by atoms with Gasteiger partial charge in [0.15, 0.2) is 0 Å². The molecule has 1 aliphatic heterocycles. The minimum atomic E-state index is -0.0833. The van der Waals surface area contributed by atoms with Gasteiger partial charge in [0.1, 0.15) is 0 Å². The van der Waals surface area contributed by atoms with Gasteiger partial charge >= 0.3 is 0 Å². The molecule has 1 N–H and O–H groups in total. The van der Waals surface area contributed by atoms with Gasteiger partial charge < -0.3 is 10.0 Å². The lowest BCUT2D eigenvalue weighted by Gasteiger charge is -2.02. The quantitative estimate of drug-likeness (QED) is 0.477. The van der Waals surface area contributed by atoms with Gasteiger partial charge in [-0.3, -0.25) is 0 Å². The number of hydrogen-bond acceptors (Lipinski definition) is 2. The van der Waals surface area contributed by atoms with Gasteiger partial charge in [0.05, 0.1) is 6.10 Å². The lowest BCUT2D eigenvalue weighted by Crippen LogP contribution is -2.16. The van der Waals surface area contributed by atoms with Crippen LogP contribution in [0.25, 0.3) is 0 Å². The molecule has 0 aromatic rings. The Morgan fingerprint density at radius 3 is 2.25 bits per heavy atom. The second-order valence-corrected chi connectivity index (χ2v) is 2.77. The molecule has 2 atom stereocenters. The van der Waals surface area contributed by atoms with Crippen LogP contribution in [0.2, 0.25) is 0 Å². The first-order chi connectivity index (χ1) is 3.70. The van der Waals surface area contributed by atoms with Crippen molar-refractivity contribution in [2.75, 3.05) is 20.1 Å². The fourth-order valence-electron chi connectivity index (χ4n) is 1.19. The zero-order valence-corrected chi connectivity index (χ0v) is 5.46. The normalized spacial score (nSPS) is 40.9. The Morgan fingerprint density at radius 2 is 2.12 bits per heavy atom. The highest BCUT2D eigenvalue weighted by Gasteiger charge is 2.24. The number of β-amino-alcohol motifs (C(OH)–C–C–N with tert-alkyl or cyclic N) is 1. The van der Waals surface area contributed by atoms with Crippen LogP contribution in [0.4, 0.5) is 0 Å². The van der Waals surface area contributed by atoms with E-state index in [9.17, 15) is 0 Å². The van der Waals surface area contributed by atoms with Gasteiger partial charge in [-0.05, 0) is 13.0 Å². The zero-order chi connectivity index (χ0) is 6.15. The number of hydrogen-bond donors (Lipinski definition) is 1. The molecule has 1 heterocycles. The second kappa shape index (κ2) is 2.03. The molecule has 0 bridgehead atoms. The third-order valence-electron chi connectivity index (χ3n) is 1.76. The van der Waals surface area contributed by atoms with Crippen LogP contribution in [0.5, 0.6) is 0 Å². The largest absolute Gasteiger partial charge is 0.391 e. The SMILES string of the molecule is C[C@@H]1CN(C)CC1O. The Hall–Kier alpha value is -0.0800. The van der Waals surface area contributed by atoms with Crippen LogP contribution in [0.3, 0.4) is 0 Å². The van der Waals surface area contributed by atoms with Crippen molar-refractivity contribution in [3.8, 4) is 0 Å². The predicted molar refractivity (Wildman–Crippen MR) is 32.7 cm³/mol. The Kier molecular flexibility index (Phi) is 1.54. The van der Waals surface area contributed by atoms with E-state index in [0.29, 0.717) is 5.92 Å². The minimum Gasteiger partial charge on any atom is -0.391 e. The van der Waals surface area contributed by atoms with Crippen LogP contribution in [0.15, 0.2) is 0 Å². The molecule has 0 amide bonds. The van der Waals surface area contributed by atoms with Crippen LogP contribution in [-0.4, -0.2) is 36.2 Å². The van der Waals surface area contributed by atoms with Crippen LogP contribution >= 0.6 is 0 Å².